The summed E-state index contributed by atoms with van der Waals surface area (Å²) in [7, 11) is 1.63. The van der Waals surface area contributed by atoms with Crippen molar-refractivity contribution >= 4 is 11.7 Å². The van der Waals surface area contributed by atoms with Crippen LogP contribution in [0.4, 0.5) is 5.69 Å². The summed E-state index contributed by atoms with van der Waals surface area (Å²) in [5, 5.41) is 3.26. The lowest BCUT2D eigenvalue weighted by molar-refractivity contribution is 0.0521. The van der Waals surface area contributed by atoms with Crippen LogP contribution in [0.5, 0.6) is 11.5 Å². The number of ether oxygens (including phenoxy) is 4. The fourth-order valence-electron chi connectivity index (χ4n) is 2.50. The third kappa shape index (κ3) is 5.92. The van der Waals surface area contributed by atoms with Gasteiger partial charge < -0.3 is 29.2 Å². The number of rotatable bonds is 12. The molecular weight excluding hydrogens is 348 g/mol. The van der Waals surface area contributed by atoms with Crippen LogP contribution in [0.3, 0.4) is 0 Å². The number of H-pyrrole nitrogens is 1. The number of carbonyl (C=O) groups is 1. The highest BCUT2D eigenvalue weighted by molar-refractivity contribution is 5.93. The number of aromatic nitrogens is 1. The van der Waals surface area contributed by atoms with E-state index in [-0.39, 0.29) is 5.97 Å². The molecule has 0 aliphatic rings. The molecule has 0 saturated heterocycles. The van der Waals surface area contributed by atoms with Crippen LogP contribution in [-0.2, 0) is 16.0 Å². The summed E-state index contributed by atoms with van der Waals surface area (Å²) in [4.78, 5) is 14.9. The lowest BCUT2D eigenvalue weighted by Crippen LogP contribution is -2.11. The highest BCUT2D eigenvalue weighted by atomic mass is 16.5. The normalized spacial score (nSPS) is 10.5. The Hall–Kier alpha value is -2.67. The molecule has 0 spiro atoms. The largest absolute Gasteiger partial charge is 0.490 e. The minimum absolute atomic E-state index is 0.325. The van der Waals surface area contributed by atoms with E-state index < -0.39 is 0 Å². The molecule has 148 valence electrons. The molecule has 0 radical (unpaired) electrons. The molecule has 2 aromatic rings. The fraction of sp³-hybridized carbons (Fsp3) is 0.450. The maximum atomic E-state index is 12.0. The van der Waals surface area contributed by atoms with Gasteiger partial charge in [0, 0.05) is 25.4 Å². The SMILES string of the molecule is CCCOc1cccc(CNc2cc[nH]c2C(=O)OCC)c1OCCOC. The predicted octanol–water partition coefficient (Wildman–Crippen LogP) is 3.62. The van der Waals surface area contributed by atoms with Gasteiger partial charge >= 0.3 is 5.97 Å². The molecule has 0 fully saturated rings. The number of hydrogen-bond acceptors (Lipinski definition) is 6. The molecule has 0 bridgehead atoms. The highest BCUT2D eigenvalue weighted by Crippen LogP contribution is 2.32. The molecule has 0 unspecified atom stereocenters. The Morgan fingerprint density at radius 2 is 1.96 bits per heavy atom. The Morgan fingerprint density at radius 1 is 1.11 bits per heavy atom. The van der Waals surface area contributed by atoms with Crippen LogP contribution in [0.2, 0.25) is 0 Å². The van der Waals surface area contributed by atoms with E-state index in [1.807, 2.05) is 18.2 Å². The van der Waals surface area contributed by atoms with E-state index in [0.717, 1.165) is 12.0 Å². The Bertz CT molecular complexity index is 714. The van der Waals surface area contributed by atoms with Crippen LogP contribution >= 0.6 is 0 Å². The molecule has 7 nitrogen and oxygen atoms in total. The minimum atomic E-state index is -0.387. The van der Waals surface area contributed by atoms with Crippen molar-refractivity contribution in [3.05, 3.63) is 41.7 Å². The molecule has 0 aliphatic carbocycles. The molecule has 0 amide bonds. The molecule has 1 aromatic carbocycles. The first-order valence-electron chi connectivity index (χ1n) is 9.16. The molecule has 0 saturated carbocycles. The number of nitrogens with one attached hydrogen (secondary N) is 2. The van der Waals surface area contributed by atoms with E-state index in [4.69, 9.17) is 18.9 Å². The summed E-state index contributed by atoms with van der Waals surface area (Å²) < 4.78 is 21.9. The van der Waals surface area contributed by atoms with Gasteiger partial charge in [0.2, 0.25) is 0 Å². The van der Waals surface area contributed by atoms with Crippen molar-refractivity contribution in [2.45, 2.75) is 26.8 Å². The van der Waals surface area contributed by atoms with E-state index in [0.29, 0.717) is 55.9 Å². The zero-order valence-electron chi connectivity index (χ0n) is 16.2. The number of methoxy groups -OCH3 is 1. The number of aromatic amines is 1. The number of esters is 1. The average Bonchev–Trinajstić information content (AvgIpc) is 3.15. The molecule has 2 N–H and O–H groups in total. The number of hydrogen-bond donors (Lipinski definition) is 2. The lowest BCUT2D eigenvalue weighted by Gasteiger charge is -2.17. The summed E-state index contributed by atoms with van der Waals surface area (Å²) in [6, 6.07) is 7.58. The van der Waals surface area contributed by atoms with Crippen LogP contribution in [0, 0.1) is 0 Å². The van der Waals surface area contributed by atoms with Gasteiger partial charge in [0.15, 0.2) is 11.5 Å². The van der Waals surface area contributed by atoms with E-state index in [2.05, 4.69) is 17.2 Å². The molecule has 27 heavy (non-hydrogen) atoms. The Morgan fingerprint density at radius 3 is 2.70 bits per heavy atom. The molecule has 2 rings (SSSR count). The number of benzene rings is 1. The van der Waals surface area contributed by atoms with Crippen LogP contribution < -0.4 is 14.8 Å². The summed E-state index contributed by atoms with van der Waals surface area (Å²) >= 11 is 0. The second-order valence-electron chi connectivity index (χ2n) is 5.77. The van der Waals surface area contributed by atoms with Gasteiger partial charge in [0.1, 0.15) is 12.3 Å². The van der Waals surface area contributed by atoms with E-state index >= 15 is 0 Å². The second kappa shape index (κ2) is 11.1. The van der Waals surface area contributed by atoms with Crippen molar-refractivity contribution in [3.63, 3.8) is 0 Å². The first-order chi connectivity index (χ1) is 13.2. The van der Waals surface area contributed by atoms with E-state index in [1.165, 1.54) is 0 Å². The zero-order chi connectivity index (χ0) is 19.5. The van der Waals surface area contributed by atoms with Crippen molar-refractivity contribution in [2.24, 2.45) is 0 Å². The Balaban J connectivity index is 2.15. The van der Waals surface area contributed by atoms with Crippen LogP contribution in [0.25, 0.3) is 0 Å². The average molecular weight is 376 g/mol. The number of carbonyl (C=O) groups excluding carboxylic acids is 1. The Kier molecular flexibility index (Phi) is 8.51. The van der Waals surface area contributed by atoms with Gasteiger partial charge in [-0.25, -0.2) is 4.79 Å². The van der Waals surface area contributed by atoms with Gasteiger partial charge in [0.25, 0.3) is 0 Å². The topological polar surface area (TPSA) is 81.8 Å². The van der Waals surface area contributed by atoms with Crippen molar-refractivity contribution < 1.29 is 23.7 Å². The second-order valence-corrected chi connectivity index (χ2v) is 5.77. The maximum Gasteiger partial charge on any atom is 0.356 e. The quantitative estimate of drug-likeness (QED) is 0.435. The van der Waals surface area contributed by atoms with Gasteiger partial charge in [-0.2, -0.15) is 0 Å². The van der Waals surface area contributed by atoms with Crippen molar-refractivity contribution in [2.75, 3.05) is 38.9 Å². The minimum Gasteiger partial charge on any atom is -0.490 e. The molecule has 0 atom stereocenters. The summed E-state index contributed by atoms with van der Waals surface area (Å²) in [6.07, 6.45) is 2.61. The highest BCUT2D eigenvalue weighted by Gasteiger charge is 2.16. The monoisotopic (exact) mass is 376 g/mol. The molecular formula is C20H28N2O5. The molecule has 1 heterocycles. The Labute approximate surface area is 160 Å². The smallest absolute Gasteiger partial charge is 0.356 e. The summed E-state index contributed by atoms with van der Waals surface area (Å²) in [6.45, 7) is 6.15. The van der Waals surface area contributed by atoms with Crippen LogP contribution in [0.15, 0.2) is 30.5 Å². The first-order valence-corrected chi connectivity index (χ1v) is 9.16. The third-order valence-corrected chi connectivity index (χ3v) is 3.75. The van der Waals surface area contributed by atoms with Crippen LogP contribution in [-0.4, -0.2) is 44.5 Å². The number of anilines is 1. The van der Waals surface area contributed by atoms with Crippen molar-refractivity contribution in [1.29, 1.82) is 0 Å². The zero-order valence-corrected chi connectivity index (χ0v) is 16.2. The van der Waals surface area contributed by atoms with Crippen molar-refractivity contribution in [1.82, 2.24) is 4.98 Å². The van der Waals surface area contributed by atoms with E-state index in [1.54, 1.807) is 26.3 Å². The fourth-order valence-corrected chi connectivity index (χ4v) is 2.50. The first kappa shape index (κ1) is 20.6. The van der Waals surface area contributed by atoms with Gasteiger partial charge in [-0.05, 0) is 25.5 Å². The van der Waals surface area contributed by atoms with E-state index in [9.17, 15) is 4.79 Å². The standard InChI is InChI=1S/C20H28N2O5/c1-4-11-26-17-8-6-7-15(19(17)27-13-12-24-3)14-22-16-9-10-21-18(16)20(23)25-5-2/h6-10,21-22H,4-5,11-14H2,1-3H3. The van der Waals surface area contributed by atoms with Gasteiger partial charge in [-0.3, -0.25) is 0 Å². The number of para-hydroxylation sites is 1. The predicted molar refractivity (Wildman–Crippen MR) is 104 cm³/mol. The molecule has 7 heteroatoms. The maximum absolute atomic E-state index is 12.0. The lowest BCUT2D eigenvalue weighted by atomic mass is 10.1. The summed E-state index contributed by atoms with van der Waals surface area (Å²) in [5.41, 5.74) is 2.00. The van der Waals surface area contributed by atoms with Crippen LogP contribution in [0.1, 0.15) is 36.3 Å². The molecule has 0 aliphatic heterocycles. The summed E-state index contributed by atoms with van der Waals surface area (Å²) in [5.74, 6) is 0.997. The van der Waals surface area contributed by atoms with Gasteiger partial charge in [-0.1, -0.05) is 19.1 Å². The van der Waals surface area contributed by atoms with Crippen molar-refractivity contribution in [3.8, 4) is 11.5 Å². The van der Waals surface area contributed by atoms with Gasteiger partial charge in [-0.15, -0.1) is 0 Å². The van der Waals surface area contributed by atoms with Gasteiger partial charge in [0.05, 0.1) is 25.5 Å². The molecule has 1 aromatic heterocycles. The third-order valence-electron chi connectivity index (χ3n) is 3.75.